The van der Waals surface area contributed by atoms with Crippen molar-refractivity contribution >= 4 is 0 Å². The van der Waals surface area contributed by atoms with Gasteiger partial charge in [0.15, 0.2) is 0 Å². The third kappa shape index (κ3) is 2.67. The van der Waals surface area contributed by atoms with Crippen LogP contribution in [0.2, 0.25) is 0 Å². The zero-order valence-electron chi connectivity index (χ0n) is 7.39. The third-order valence-electron chi connectivity index (χ3n) is 1.97. The smallest absolute Gasteiger partial charge is 0.0634 e. The van der Waals surface area contributed by atoms with Gasteiger partial charge in [-0.1, -0.05) is 13.8 Å². The van der Waals surface area contributed by atoms with E-state index in [-0.39, 0.29) is 5.92 Å². The molecule has 0 aliphatic carbocycles. The second-order valence-corrected chi connectivity index (χ2v) is 3.74. The highest BCUT2D eigenvalue weighted by atomic mass is 16.3. The molecular weight excluding hydrogens is 126 g/mol. The Morgan fingerprint density at radius 3 is 1.80 bits per heavy atom. The molecule has 0 bridgehead atoms. The molecule has 62 valence electrons. The van der Waals surface area contributed by atoms with Gasteiger partial charge in [0.25, 0.3) is 0 Å². The van der Waals surface area contributed by atoms with Crippen molar-refractivity contribution in [3.8, 4) is 0 Å². The van der Waals surface area contributed by atoms with Crippen LogP contribution in [0.4, 0.5) is 0 Å². The van der Waals surface area contributed by atoms with Gasteiger partial charge < -0.3 is 10.8 Å². The van der Waals surface area contributed by atoms with E-state index in [0.717, 1.165) is 0 Å². The molecule has 0 heterocycles. The van der Waals surface area contributed by atoms with Gasteiger partial charge >= 0.3 is 0 Å². The number of nitrogens with two attached hydrogens (primary N) is 1. The number of hydrogen-bond acceptors (Lipinski definition) is 2. The van der Waals surface area contributed by atoms with Gasteiger partial charge in [-0.2, -0.15) is 0 Å². The summed E-state index contributed by atoms with van der Waals surface area (Å²) < 4.78 is 0. The molecule has 0 spiro atoms. The molecule has 2 nitrogen and oxygen atoms in total. The molecule has 3 N–H and O–H groups in total. The van der Waals surface area contributed by atoms with E-state index in [1.807, 2.05) is 13.8 Å². The van der Waals surface area contributed by atoms with Crippen molar-refractivity contribution in [2.24, 2.45) is 17.6 Å². The van der Waals surface area contributed by atoms with Gasteiger partial charge in [0.2, 0.25) is 0 Å². The Morgan fingerprint density at radius 2 is 1.80 bits per heavy atom. The van der Waals surface area contributed by atoms with E-state index < -0.39 is 5.60 Å². The molecule has 0 aliphatic heterocycles. The summed E-state index contributed by atoms with van der Waals surface area (Å²) in [6, 6.07) is 0. The molecule has 0 saturated heterocycles. The van der Waals surface area contributed by atoms with Gasteiger partial charge in [-0.05, 0) is 26.3 Å². The van der Waals surface area contributed by atoms with E-state index in [1.54, 1.807) is 0 Å². The van der Waals surface area contributed by atoms with Crippen LogP contribution in [0.25, 0.3) is 0 Å². The van der Waals surface area contributed by atoms with Gasteiger partial charge in [-0.15, -0.1) is 0 Å². The predicted octanol–water partition coefficient (Wildman–Crippen LogP) is 0.988. The first-order chi connectivity index (χ1) is 4.39. The largest absolute Gasteiger partial charge is 0.390 e. The maximum Gasteiger partial charge on any atom is 0.0634 e. The van der Waals surface area contributed by atoms with Crippen molar-refractivity contribution < 1.29 is 5.11 Å². The van der Waals surface area contributed by atoms with Crippen LogP contribution in [0.5, 0.6) is 0 Å². The topological polar surface area (TPSA) is 46.2 Å². The molecule has 10 heavy (non-hydrogen) atoms. The summed E-state index contributed by atoms with van der Waals surface area (Å²) in [6.45, 7) is 8.33. The Kier molecular flexibility index (Phi) is 3.33. The molecule has 0 aromatic carbocycles. The molecule has 0 amide bonds. The average molecular weight is 145 g/mol. The van der Waals surface area contributed by atoms with Crippen LogP contribution in [0.3, 0.4) is 0 Å². The Labute approximate surface area is 63.4 Å². The van der Waals surface area contributed by atoms with Crippen LogP contribution in [0.15, 0.2) is 0 Å². The Bertz CT molecular complexity index is 93.9. The minimum atomic E-state index is -0.636. The molecule has 0 aromatic rings. The monoisotopic (exact) mass is 145 g/mol. The number of hydrogen-bond donors (Lipinski definition) is 2. The fourth-order valence-corrected chi connectivity index (χ4v) is 1.38. The van der Waals surface area contributed by atoms with Crippen LogP contribution in [-0.2, 0) is 0 Å². The van der Waals surface area contributed by atoms with Crippen LogP contribution in [0.1, 0.15) is 27.7 Å². The lowest BCUT2D eigenvalue weighted by atomic mass is 9.82. The molecule has 0 aliphatic rings. The van der Waals surface area contributed by atoms with Crippen molar-refractivity contribution in [3.05, 3.63) is 0 Å². The summed E-state index contributed by atoms with van der Waals surface area (Å²) in [4.78, 5) is 0. The summed E-state index contributed by atoms with van der Waals surface area (Å²) >= 11 is 0. The first kappa shape index (κ1) is 9.92. The highest BCUT2D eigenvalue weighted by molar-refractivity contribution is 4.79. The quantitative estimate of drug-likeness (QED) is 0.622. The van der Waals surface area contributed by atoms with E-state index in [9.17, 15) is 5.11 Å². The Morgan fingerprint density at radius 1 is 1.40 bits per heavy atom. The van der Waals surface area contributed by atoms with Crippen molar-refractivity contribution in [1.29, 1.82) is 0 Å². The maximum atomic E-state index is 9.57. The predicted molar refractivity (Wildman–Crippen MR) is 43.7 cm³/mol. The molecule has 0 rings (SSSR count). The van der Waals surface area contributed by atoms with E-state index in [1.165, 1.54) is 0 Å². The first-order valence-corrected chi connectivity index (χ1v) is 3.82. The minimum absolute atomic E-state index is 0.201. The van der Waals surface area contributed by atoms with Crippen molar-refractivity contribution in [3.63, 3.8) is 0 Å². The van der Waals surface area contributed by atoms with Crippen LogP contribution in [-0.4, -0.2) is 17.3 Å². The highest BCUT2D eigenvalue weighted by Crippen LogP contribution is 2.22. The van der Waals surface area contributed by atoms with Gasteiger partial charge in [0.1, 0.15) is 0 Å². The lowest BCUT2D eigenvalue weighted by Crippen LogP contribution is -2.39. The zero-order chi connectivity index (χ0) is 8.36. The normalized spacial score (nSPS) is 15.9. The van der Waals surface area contributed by atoms with Crippen molar-refractivity contribution in [2.75, 3.05) is 6.54 Å². The lowest BCUT2D eigenvalue weighted by Gasteiger charge is -2.31. The van der Waals surface area contributed by atoms with Gasteiger partial charge in [0.05, 0.1) is 5.60 Å². The highest BCUT2D eigenvalue weighted by Gasteiger charge is 2.27. The SMILES string of the molecule is CC(C)C(CN)C(C)(C)O. The summed E-state index contributed by atoms with van der Waals surface area (Å²) in [5.74, 6) is 0.650. The van der Waals surface area contributed by atoms with E-state index in [4.69, 9.17) is 5.73 Å². The van der Waals surface area contributed by atoms with E-state index >= 15 is 0 Å². The first-order valence-electron chi connectivity index (χ1n) is 3.82. The molecule has 1 unspecified atom stereocenters. The van der Waals surface area contributed by atoms with Crippen LogP contribution in [0, 0.1) is 11.8 Å². The average Bonchev–Trinajstić information content (AvgIpc) is 1.60. The molecule has 1 atom stereocenters. The Hall–Kier alpha value is -0.0800. The van der Waals surface area contributed by atoms with Crippen molar-refractivity contribution in [2.45, 2.75) is 33.3 Å². The Balaban J connectivity index is 4.07. The fourth-order valence-electron chi connectivity index (χ4n) is 1.38. The third-order valence-corrected chi connectivity index (χ3v) is 1.97. The van der Waals surface area contributed by atoms with Crippen LogP contribution < -0.4 is 5.73 Å². The number of rotatable bonds is 3. The second-order valence-electron chi connectivity index (χ2n) is 3.74. The molecule has 0 saturated carbocycles. The standard InChI is InChI=1S/C8H19NO/c1-6(2)7(5-9)8(3,4)10/h6-7,10H,5,9H2,1-4H3. The summed E-state index contributed by atoms with van der Waals surface area (Å²) in [5, 5.41) is 9.57. The number of aliphatic hydroxyl groups is 1. The summed E-state index contributed by atoms with van der Waals surface area (Å²) in [7, 11) is 0. The van der Waals surface area contributed by atoms with E-state index in [2.05, 4.69) is 13.8 Å². The van der Waals surface area contributed by atoms with Crippen LogP contribution >= 0.6 is 0 Å². The van der Waals surface area contributed by atoms with Gasteiger partial charge in [-0.3, -0.25) is 0 Å². The van der Waals surface area contributed by atoms with Crippen molar-refractivity contribution in [1.82, 2.24) is 0 Å². The van der Waals surface area contributed by atoms with Gasteiger partial charge in [-0.25, -0.2) is 0 Å². The minimum Gasteiger partial charge on any atom is -0.390 e. The molecular formula is C8H19NO. The fraction of sp³-hybridized carbons (Fsp3) is 1.00. The van der Waals surface area contributed by atoms with E-state index in [0.29, 0.717) is 12.5 Å². The summed E-state index contributed by atoms with van der Waals surface area (Å²) in [6.07, 6.45) is 0. The van der Waals surface area contributed by atoms with Gasteiger partial charge in [0, 0.05) is 5.92 Å². The second kappa shape index (κ2) is 3.35. The lowest BCUT2D eigenvalue weighted by molar-refractivity contribution is 0.000859. The maximum absolute atomic E-state index is 9.57. The molecule has 0 fully saturated rings. The summed E-state index contributed by atoms with van der Waals surface area (Å²) in [5.41, 5.74) is 4.86. The zero-order valence-corrected chi connectivity index (χ0v) is 7.39. The molecule has 0 radical (unpaired) electrons. The molecule has 0 aromatic heterocycles. The molecule has 2 heteroatoms.